The normalized spacial score (nSPS) is 17.3. The summed E-state index contributed by atoms with van der Waals surface area (Å²) >= 11 is 0. The maximum atomic E-state index is 4.78. The van der Waals surface area contributed by atoms with E-state index in [1.807, 2.05) is 24.5 Å². The third-order valence-corrected chi connectivity index (χ3v) is 8.50. The van der Waals surface area contributed by atoms with Gasteiger partial charge in [-0.05, 0) is 62.1 Å². The van der Waals surface area contributed by atoms with Crippen LogP contribution < -0.4 is 5.30 Å². The third kappa shape index (κ3) is 2.95. The highest BCUT2D eigenvalue weighted by molar-refractivity contribution is 7.85. The Hall–Kier alpha value is -2.57. The first kappa shape index (κ1) is 16.6. The smallest absolute Gasteiger partial charge is 0.131 e. The molecule has 0 unspecified atom stereocenters. The van der Waals surface area contributed by atoms with E-state index in [2.05, 4.69) is 54.6 Å². The van der Waals surface area contributed by atoms with Gasteiger partial charge in [0.2, 0.25) is 0 Å². The number of pyridine rings is 2. The van der Waals surface area contributed by atoms with Crippen LogP contribution in [0.4, 0.5) is 0 Å². The Balaban J connectivity index is 1.78. The fourth-order valence-corrected chi connectivity index (χ4v) is 7.68. The monoisotopic (exact) mass is 369 g/mol. The van der Waals surface area contributed by atoms with Crippen molar-refractivity contribution in [3.63, 3.8) is 0 Å². The van der Waals surface area contributed by atoms with Gasteiger partial charge in [-0.15, -0.1) is 0 Å². The third-order valence-electron chi connectivity index (χ3n) is 5.48. The van der Waals surface area contributed by atoms with Crippen LogP contribution in [0.1, 0.15) is 37.1 Å². The zero-order valence-corrected chi connectivity index (χ0v) is 16.2. The summed E-state index contributed by atoms with van der Waals surface area (Å²) in [5.74, 6) is 0. The van der Waals surface area contributed by atoms with Crippen LogP contribution in [-0.2, 0) is 0 Å². The van der Waals surface area contributed by atoms with Crippen LogP contribution in [0, 0.1) is 0 Å². The summed E-state index contributed by atoms with van der Waals surface area (Å²) in [6, 6.07) is 23.6. The standard InChI is InChI=1S/C24H21N2P/c1-2-10-18(11-3-1)27-23(21-14-6-8-16-25-21)19-12-4-5-13-20(19)24(27)22-15-7-9-17-26-22/h1-3,6-11,14-17H,4-5,12-13H2/p+1. The molecule has 0 atom stereocenters. The maximum Gasteiger partial charge on any atom is 0.131 e. The second-order valence-corrected chi connectivity index (χ2v) is 9.41. The number of rotatable bonds is 3. The molecule has 0 saturated heterocycles. The van der Waals surface area contributed by atoms with Crippen LogP contribution >= 0.6 is 7.92 Å². The SMILES string of the molecule is c1ccc([PH+]2C(c3ccccn3)=C3CCCCC3=C2c2ccccn2)cc1. The van der Waals surface area contributed by atoms with Crippen molar-refractivity contribution in [1.29, 1.82) is 0 Å². The molecule has 0 amide bonds. The van der Waals surface area contributed by atoms with Crippen LogP contribution in [0.15, 0.2) is 90.3 Å². The fraction of sp³-hybridized carbons (Fsp3) is 0.167. The quantitative estimate of drug-likeness (QED) is 0.551. The predicted octanol–water partition coefficient (Wildman–Crippen LogP) is 5.73. The van der Waals surface area contributed by atoms with Gasteiger partial charge in [0.1, 0.15) is 35.2 Å². The van der Waals surface area contributed by atoms with Gasteiger partial charge in [-0.1, -0.05) is 30.3 Å². The van der Waals surface area contributed by atoms with E-state index in [1.165, 1.54) is 41.6 Å². The Morgan fingerprint density at radius 2 is 1.11 bits per heavy atom. The van der Waals surface area contributed by atoms with Crippen molar-refractivity contribution < 1.29 is 0 Å². The van der Waals surface area contributed by atoms with E-state index >= 15 is 0 Å². The number of hydrogen-bond acceptors (Lipinski definition) is 2. The van der Waals surface area contributed by atoms with Crippen LogP contribution in [0.5, 0.6) is 0 Å². The molecule has 3 heteroatoms. The Bertz CT molecular complexity index is 943. The predicted molar refractivity (Wildman–Crippen MR) is 115 cm³/mol. The van der Waals surface area contributed by atoms with Crippen LogP contribution in [0.2, 0.25) is 0 Å². The van der Waals surface area contributed by atoms with E-state index in [0.717, 1.165) is 11.4 Å². The molecule has 1 aromatic carbocycles. The molecule has 2 aromatic heterocycles. The number of hydrogen-bond donors (Lipinski definition) is 0. The second-order valence-electron chi connectivity index (χ2n) is 7.09. The summed E-state index contributed by atoms with van der Waals surface area (Å²) in [5, 5.41) is 4.41. The van der Waals surface area contributed by atoms with E-state index in [9.17, 15) is 0 Å². The lowest BCUT2D eigenvalue weighted by Crippen LogP contribution is -2.03. The van der Waals surface area contributed by atoms with Crippen molar-refractivity contribution in [1.82, 2.24) is 9.97 Å². The number of fused-ring (bicyclic) bond motifs is 1. The largest absolute Gasteiger partial charge is 0.253 e. The minimum Gasteiger partial charge on any atom is -0.253 e. The lowest BCUT2D eigenvalue weighted by molar-refractivity contribution is 0.685. The second kappa shape index (κ2) is 7.21. The molecule has 0 spiro atoms. The van der Waals surface area contributed by atoms with Gasteiger partial charge in [-0.2, -0.15) is 0 Å². The lowest BCUT2D eigenvalue weighted by atomic mass is 9.88. The molecule has 2 nitrogen and oxygen atoms in total. The summed E-state index contributed by atoms with van der Waals surface area (Å²) in [4.78, 5) is 9.55. The average molecular weight is 369 g/mol. The molecular formula is C24H22N2P+. The highest BCUT2D eigenvalue weighted by Gasteiger charge is 2.45. The number of allylic oxidation sites excluding steroid dienone is 2. The summed E-state index contributed by atoms with van der Waals surface area (Å²) in [7, 11) is -1.12. The van der Waals surface area contributed by atoms with Gasteiger partial charge in [0, 0.05) is 23.5 Å². The zero-order chi connectivity index (χ0) is 18.1. The van der Waals surface area contributed by atoms with E-state index in [1.54, 1.807) is 11.1 Å². The molecule has 0 N–H and O–H groups in total. The first-order valence-electron chi connectivity index (χ1n) is 9.66. The summed E-state index contributed by atoms with van der Waals surface area (Å²) in [5.41, 5.74) is 5.41. The average Bonchev–Trinajstić information content (AvgIpc) is 3.11. The highest BCUT2D eigenvalue weighted by Crippen LogP contribution is 2.68. The number of nitrogens with zero attached hydrogens (tertiary/aromatic N) is 2. The Labute approximate surface area is 161 Å². The molecule has 132 valence electrons. The van der Waals surface area contributed by atoms with Crippen molar-refractivity contribution in [2.45, 2.75) is 25.7 Å². The van der Waals surface area contributed by atoms with Crippen molar-refractivity contribution in [3.05, 3.63) is 102 Å². The Morgan fingerprint density at radius 3 is 1.59 bits per heavy atom. The van der Waals surface area contributed by atoms with Gasteiger partial charge in [0.05, 0.1) is 0 Å². The summed E-state index contributed by atoms with van der Waals surface area (Å²) in [6.45, 7) is 0. The van der Waals surface area contributed by atoms with Crippen LogP contribution in [0.3, 0.4) is 0 Å². The van der Waals surface area contributed by atoms with Crippen molar-refractivity contribution in [3.8, 4) is 0 Å². The molecule has 1 fully saturated rings. The van der Waals surface area contributed by atoms with Gasteiger partial charge in [-0.25, -0.2) is 0 Å². The first-order chi connectivity index (χ1) is 13.4. The van der Waals surface area contributed by atoms with Gasteiger partial charge in [0.25, 0.3) is 0 Å². The molecule has 0 bridgehead atoms. The number of benzene rings is 1. The van der Waals surface area contributed by atoms with E-state index in [4.69, 9.17) is 9.97 Å². The van der Waals surface area contributed by atoms with E-state index in [-0.39, 0.29) is 0 Å². The summed E-state index contributed by atoms with van der Waals surface area (Å²) < 4.78 is 0. The van der Waals surface area contributed by atoms with Crippen molar-refractivity contribution in [2.75, 3.05) is 0 Å². The fourth-order valence-electron chi connectivity index (χ4n) is 4.36. The van der Waals surface area contributed by atoms with E-state index < -0.39 is 7.92 Å². The highest BCUT2D eigenvalue weighted by atomic mass is 31.1. The molecule has 1 saturated carbocycles. The lowest BCUT2D eigenvalue weighted by Gasteiger charge is -2.14. The van der Waals surface area contributed by atoms with Crippen molar-refractivity contribution >= 4 is 23.9 Å². The van der Waals surface area contributed by atoms with E-state index in [0.29, 0.717) is 0 Å². The summed E-state index contributed by atoms with van der Waals surface area (Å²) in [6.07, 6.45) is 8.73. The molecule has 1 aliphatic carbocycles. The molecule has 5 rings (SSSR count). The molecule has 27 heavy (non-hydrogen) atoms. The van der Waals surface area contributed by atoms with Gasteiger partial charge < -0.3 is 0 Å². The molecule has 1 aliphatic heterocycles. The maximum absolute atomic E-state index is 4.78. The van der Waals surface area contributed by atoms with Gasteiger partial charge in [0.15, 0.2) is 0 Å². The number of aromatic nitrogens is 2. The topological polar surface area (TPSA) is 25.8 Å². The van der Waals surface area contributed by atoms with Gasteiger partial charge in [-0.3, -0.25) is 9.97 Å². The minimum atomic E-state index is -1.12. The molecule has 3 aromatic rings. The molecule has 3 heterocycles. The molecule has 2 aliphatic rings. The Morgan fingerprint density at radius 1 is 0.593 bits per heavy atom. The minimum absolute atomic E-state index is 1.12. The van der Waals surface area contributed by atoms with Crippen LogP contribution in [-0.4, -0.2) is 9.97 Å². The molecular weight excluding hydrogens is 347 g/mol. The zero-order valence-electron chi connectivity index (χ0n) is 15.2. The molecule has 0 radical (unpaired) electrons. The van der Waals surface area contributed by atoms with Gasteiger partial charge >= 0.3 is 0 Å². The van der Waals surface area contributed by atoms with Crippen molar-refractivity contribution in [2.24, 2.45) is 0 Å². The Kier molecular flexibility index (Phi) is 4.43. The first-order valence-corrected chi connectivity index (χ1v) is 11.2. The van der Waals surface area contributed by atoms with Crippen LogP contribution in [0.25, 0.3) is 10.6 Å².